The molecule has 3 aliphatic rings. The van der Waals surface area contributed by atoms with E-state index in [4.69, 9.17) is 39.1 Å². The number of amides is 7. The summed E-state index contributed by atoms with van der Waals surface area (Å²) in [4.78, 5) is 121. The number of carbonyl (C=O) groups excluding carboxylic acids is 7. The van der Waals surface area contributed by atoms with Crippen molar-refractivity contribution in [3.8, 4) is 0 Å². The Balaban J connectivity index is 0.000000175. The number of aromatic nitrogens is 2. The normalized spacial score (nSPS) is 17.0. The Morgan fingerprint density at radius 3 is 1.14 bits per heavy atom. The van der Waals surface area contributed by atoms with Crippen LogP contribution in [-0.2, 0) is 48.0 Å². The van der Waals surface area contributed by atoms with Crippen LogP contribution in [0.25, 0.3) is 32.3 Å². The third-order valence-corrected chi connectivity index (χ3v) is 27.3. The first kappa shape index (κ1) is 106. The van der Waals surface area contributed by atoms with E-state index in [9.17, 15) is 33.6 Å². The molecule has 13 aromatic rings. The Bertz CT molecular complexity index is 6320. The predicted octanol–water partition coefficient (Wildman–Crippen LogP) is 13.1. The molecule has 4 heterocycles. The van der Waals surface area contributed by atoms with Gasteiger partial charge in [0, 0.05) is 138 Å². The fraction of sp³-hybridized carbons (Fsp3) is 0.325. The molecule has 0 saturated carbocycles. The van der Waals surface area contributed by atoms with Gasteiger partial charge in [0.2, 0.25) is 29.5 Å². The van der Waals surface area contributed by atoms with Crippen LogP contribution in [0.3, 0.4) is 0 Å². The van der Waals surface area contributed by atoms with Gasteiger partial charge >= 0.3 is 6.09 Å². The molecule has 0 aliphatic carbocycles. The minimum atomic E-state index is -0.839. The van der Waals surface area contributed by atoms with E-state index in [-0.39, 0.29) is 102 Å². The standard InChI is InChI=1S/C43H51N9O3.C39H48N6O3.C35H40N6O2/c1-29(53)49-40(25-35-26-46-28-48-35)41(54)51-39(24-30-18-19-31-11-8-9-16-34(31)23-30)37-20-22-52(42(55)38(50-37)17-10-21-47-43(44)45)27-36(32-12-4-2-5-13-32)33-14-6-3-7-15-33;1-2-24-48-39(47)44-36(26-28-19-20-29-12-9-10-17-32(29)25-28)34-21-23-45(37(46)35(43-34)18-11-22-42-38(40)41)27-33(30-13-5-3-6-14-30)31-15-7-4-8-16-31;36-35(37)38-20-9-16-32-34(43)41(24-31(26-11-3-1-4-12-26)27-13-5-2-6-14-27)21-19-30(40-32)23-39-33(42)29-18-17-25-10-7-8-15-28(25)22-29/h2-9,11-16,18-19,23,26,28,36-40,50H,10,17,20-22,24-25,27H2,1H3,(H,46,48)(H,49,53)(H,51,54)(H4,44,45,47);3-10,12-17,19-20,25,33-36,43H,2,11,18,21-24,26-27H2,1H3,(H,44,47)(H4,40,41,42);1-8,10-15,17-18,22,30-32,40H,9,16,19-21,23-24H2,(H,39,42)(H4,36,37,38)/t37-,38-,39+,40-;34-,35-,36+;30-,32+/m000/s1. The number of guanidine groups is 3. The second kappa shape index (κ2) is 54.8. The first-order chi connectivity index (χ1) is 71.1. The van der Waals surface area contributed by atoms with E-state index < -0.39 is 36.3 Å². The number of carbonyl (C=O) groups is 7. The van der Waals surface area contributed by atoms with Crippen molar-refractivity contribution in [2.75, 3.05) is 72.1 Å². The van der Waals surface area contributed by atoms with Gasteiger partial charge in [-0.15, -0.1) is 0 Å². The summed E-state index contributed by atoms with van der Waals surface area (Å²) in [5.74, 6) is -0.570. The Labute approximate surface area is 855 Å². The highest BCUT2D eigenvalue weighted by Crippen LogP contribution is 2.34. The van der Waals surface area contributed by atoms with Gasteiger partial charge in [0.1, 0.15) is 6.04 Å². The number of imidazole rings is 1. The number of H-pyrrole nitrogens is 1. The molecule has 16 rings (SSSR count). The van der Waals surface area contributed by atoms with Crippen molar-refractivity contribution in [3.05, 3.63) is 378 Å². The summed E-state index contributed by atoms with van der Waals surface area (Å²) in [7, 11) is 0. The summed E-state index contributed by atoms with van der Waals surface area (Å²) in [6.07, 6.45) is 10.2. The van der Waals surface area contributed by atoms with Crippen molar-refractivity contribution in [3.63, 3.8) is 0 Å². The number of nitrogens with two attached hydrogens (primary N) is 6. The van der Waals surface area contributed by atoms with Gasteiger partial charge < -0.3 is 96.0 Å². The Morgan fingerprint density at radius 1 is 0.418 bits per heavy atom. The maximum absolute atomic E-state index is 14.6. The van der Waals surface area contributed by atoms with E-state index in [1.165, 1.54) is 18.1 Å². The first-order valence-electron chi connectivity index (χ1n) is 50.9. The molecule has 7 amide bonds. The lowest BCUT2D eigenvalue weighted by Crippen LogP contribution is -2.58. The fourth-order valence-corrected chi connectivity index (χ4v) is 19.8. The van der Waals surface area contributed by atoms with E-state index in [0.29, 0.717) is 148 Å². The van der Waals surface area contributed by atoms with Crippen LogP contribution in [0.2, 0.25) is 0 Å². The van der Waals surface area contributed by atoms with Crippen molar-refractivity contribution in [1.29, 1.82) is 0 Å². The van der Waals surface area contributed by atoms with Crippen LogP contribution < -0.4 is 71.6 Å². The summed E-state index contributed by atoms with van der Waals surface area (Å²) in [6.45, 7) is 8.58. The van der Waals surface area contributed by atoms with Crippen LogP contribution >= 0.6 is 0 Å². The molecule has 760 valence electrons. The Hall–Kier alpha value is -15.6. The molecule has 1 aromatic heterocycles. The zero-order valence-corrected chi connectivity index (χ0v) is 83.4. The van der Waals surface area contributed by atoms with Crippen molar-refractivity contribution in [1.82, 2.24) is 61.9 Å². The van der Waals surface area contributed by atoms with Crippen LogP contribution in [-0.4, -0.2) is 211 Å². The molecule has 146 heavy (non-hydrogen) atoms. The fourth-order valence-electron chi connectivity index (χ4n) is 19.8. The van der Waals surface area contributed by atoms with Crippen LogP contribution in [0.1, 0.15) is 156 Å². The number of fused-ring (bicyclic) bond motifs is 3. The van der Waals surface area contributed by atoms with Crippen molar-refractivity contribution in [2.45, 2.75) is 169 Å². The summed E-state index contributed by atoms with van der Waals surface area (Å²) < 4.78 is 5.48. The molecule has 29 nitrogen and oxygen atoms in total. The van der Waals surface area contributed by atoms with Crippen molar-refractivity contribution in [2.24, 2.45) is 49.4 Å². The minimum absolute atomic E-state index is 0.00443. The number of hydrogen-bond acceptors (Lipinski definition) is 15. The molecule has 9 atom stereocenters. The molecule has 29 heteroatoms. The molecule has 3 fully saturated rings. The van der Waals surface area contributed by atoms with Gasteiger partial charge in [-0.25, -0.2) is 9.78 Å². The predicted molar refractivity (Wildman–Crippen MR) is 582 cm³/mol. The zero-order chi connectivity index (χ0) is 102. The van der Waals surface area contributed by atoms with Crippen molar-refractivity contribution >= 4 is 91.7 Å². The highest BCUT2D eigenvalue weighted by molar-refractivity contribution is 5.99. The monoisotopic (exact) mass is 1970 g/mol. The molecule has 12 aromatic carbocycles. The van der Waals surface area contributed by atoms with Crippen LogP contribution in [0, 0.1) is 0 Å². The number of alkyl carbamates (subject to hydrolysis) is 1. The van der Waals surface area contributed by atoms with Crippen molar-refractivity contribution < 1.29 is 38.3 Å². The summed E-state index contributed by atoms with van der Waals surface area (Å²) in [5.41, 5.74) is 43.9. The molecule has 0 spiro atoms. The van der Waals surface area contributed by atoms with Gasteiger partial charge in [-0.2, -0.15) is 0 Å². The highest BCUT2D eigenvalue weighted by Gasteiger charge is 2.40. The van der Waals surface area contributed by atoms with Crippen LogP contribution in [0.15, 0.2) is 337 Å². The molecule has 0 unspecified atom stereocenters. The number of aliphatic imine (C=N–C) groups is 3. The largest absolute Gasteiger partial charge is 0.450 e. The average Bonchev–Trinajstić information content (AvgIpc) is 1.59. The third-order valence-electron chi connectivity index (χ3n) is 27.3. The molecule has 0 bridgehead atoms. The molecule has 3 aliphatic heterocycles. The summed E-state index contributed by atoms with van der Waals surface area (Å²) in [6, 6.07) is 101. The van der Waals surface area contributed by atoms with E-state index in [0.717, 1.165) is 77.8 Å². The quantitative estimate of drug-likeness (QED) is 0.00961. The van der Waals surface area contributed by atoms with Crippen LogP contribution in [0.5, 0.6) is 0 Å². The number of aromatic amines is 1. The number of ether oxygens (including phenoxy) is 1. The first-order valence-corrected chi connectivity index (χ1v) is 50.9. The maximum Gasteiger partial charge on any atom is 0.407 e. The second-order valence-corrected chi connectivity index (χ2v) is 37.8. The number of nitrogens with one attached hydrogen (secondary N) is 8. The minimum Gasteiger partial charge on any atom is -0.450 e. The SMILES string of the molecule is CC(=O)N[C@@H](Cc1cnc[nH]1)C(=O)N[C@H](Cc1ccc2ccccc2c1)[C@@H]1CCN(CC(c2ccccc2)c2ccccc2)C(=O)[C@H](CCCN=C(N)N)N1.CCCOC(=O)N[C@H](Cc1ccc2ccccc2c1)[C@@H]1CCN(CC(c2ccccc2)c2ccccc2)C(=O)[C@H](CCCN=C(N)N)N1.NC(N)=NCCC[C@H]1N[C@H](CNC(=O)c2ccc3ccccc3c2)CCN(CC(c2ccccc2)c2ccccc2)C1=O. The number of nitrogens with zero attached hydrogens (tertiary/aromatic N) is 7. The molecular formula is C117H139N21O8. The number of rotatable bonds is 41. The van der Waals surface area contributed by atoms with Gasteiger partial charge in [0.15, 0.2) is 17.9 Å². The third kappa shape index (κ3) is 31.7. The zero-order valence-electron chi connectivity index (χ0n) is 83.4. The Morgan fingerprint density at radius 2 is 0.774 bits per heavy atom. The summed E-state index contributed by atoms with van der Waals surface area (Å²) >= 11 is 0. The number of benzene rings is 12. The average molecular weight is 1970 g/mol. The van der Waals surface area contributed by atoms with Gasteiger partial charge in [-0.05, 0) is 166 Å². The molecule has 20 N–H and O–H groups in total. The molecule has 3 saturated heterocycles. The van der Waals surface area contributed by atoms with E-state index >= 15 is 0 Å². The second-order valence-electron chi connectivity index (χ2n) is 37.8. The lowest BCUT2D eigenvalue weighted by atomic mass is 9.90. The lowest BCUT2D eigenvalue weighted by molar-refractivity contribution is -0.133. The van der Waals surface area contributed by atoms with Gasteiger partial charge in [-0.1, -0.05) is 304 Å². The highest BCUT2D eigenvalue weighted by atomic mass is 16.5. The smallest absolute Gasteiger partial charge is 0.407 e. The summed E-state index contributed by atoms with van der Waals surface area (Å²) in [5, 5.41) is 30.0. The molecule has 0 radical (unpaired) electrons. The van der Waals surface area contributed by atoms with Crippen LogP contribution in [0.4, 0.5) is 4.79 Å². The Kier molecular flexibility index (Phi) is 39.8. The maximum atomic E-state index is 14.6. The van der Waals surface area contributed by atoms with E-state index in [1.54, 1.807) is 12.5 Å². The number of hydrogen-bond donors (Lipinski definition) is 14. The van der Waals surface area contributed by atoms with E-state index in [2.05, 4.69) is 196 Å². The van der Waals surface area contributed by atoms with Gasteiger partial charge in [0.25, 0.3) is 5.91 Å². The van der Waals surface area contributed by atoms with Gasteiger partial charge in [-0.3, -0.25) is 43.7 Å². The topological polar surface area (TPSA) is 445 Å². The van der Waals surface area contributed by atoms with E-state index in [1.807, 2.05) is 198 Å². The molecular weight excluding hydrogens is 1830 g/mol. The van der Waals surface area contributed by atoms with Gasteiger partial charge in [0.05, 0.1) is 37.1 Å². The lowest BCUT2D eigenvalue weighted by Gasteiger charge is -2.31.